The first-order valence-electron chi connectivity index (χ1n) is 7.23. The van der Waals surface area contributed by atoms with Crippen LogP contribution in [0.1, 0.15) is 19.8 Å². The van der Waals surface area contributed by atoms with Crippen molar-refractivity contribution >= 4 is 23.3 Å². The van der Waals surface area contributed by atoms with Crippen molar-refractivity contribution < 1.29 is 9.53 Å². The highest BCUT2D eigenvalue weighted by Gasteiger charge is 2.23. The van der Waals surface area contributed by atoms with Crippen LogP contribution in [-0.4, -0.2) is 36.7 Å². The molecule has 1 aliphatic heterocycles. The van der Waals surface area contributed by atoms with Crippen LogP contribution in [0.25, 0.3) is 0 Å². The standard InChI is InChI=1S/C16H21ClN2O2/c1-2-3-10-21-15-8-5-9-19(12-15)16(20)18-14-7-4-6-13(17)11-14/h2-4,6-7,11,15H,5,8-10,12H2,1H3,(H,18,20)/b3-2-. The van der Waals surface area contributed by atoms with Crippen molar-refractivity contribution in [3.8, 4) is 0 Å². The number of piperidine rings is 1. The van der Waals surface area contributed by atoms with Gasteiger partial charge in [0.05, 0.1) is 12.7 Å². The molecule has 1 aromatic rings. The highest BCUT2D eigenvalue weighted by atomic mass is 35.5. The SMILES string of the molecule is C/C=C\COC1CCCN(C(=O)Nc2cccc(Cl)c2)C1. The molecule has 0 aliphatic carbocycles. The summed E-state index contributed by atoms with van der Waals surface area (Å²) in [5, 5.41) is 3.48. The summed E-state index contributed by atoms with van der Waals surface area (Å²) in [6, 6.07) is 7.06. The van der Waals surface area contributed by atoms with Gasteiger partial charge in [-0.15, -0.1) is 0 Å². The highest BCUT2D eigenvalue weighted by Crippen LogP contribution is 2.18. The smallest absolute Gasteiger partial charge is 0.321 e. The molecule has 1 N–H and O–H groups in total. The third-order valence-electron chi connectivity index (χ3n) is 3.41. The number of nitrogens with one attached hydrogen (secondary N) is 1. The molecule has 2 amide bonds. The molecule has 1 saturated heterocycles. The Morgan fingerprint density at radius 3 is 3.19 bits per heavy atom. The number of ether oxygens (including phenoxy) is 1. The number of halogens is 1. The molecule has 0 radical (unpaired) electrons. The van der Waals surface area contributed by atoms with Gasteiger partial charge in [-0.2, -0.15) is 0 Å². The third kappa shape index (κ3) is 5.06. The Kier molecular flexibility index (Phi) is 6.08. The van der Waals surface area contributed by atoms with E-state index in [0.29, 0.717) is 23.9 Å². The van der Waals surface area contributed by atoms with Crippen LogP contribution in [0.3, 0.4) is 0 Å². The van der Waals surface area contributed by atoms with Crippen LogP contribution in [0, 0.1) is 0 Å². The molecule has 0 saturated carbocycles. The largest absolute Gasteiger partial charge is 0.372 e. The maximum Gasteiger partial charge on any atom is 0.321 e. The lowest BCUT2D eigenvalue weighted by atomic mass is 10.1. The molecule has 1 heterocycles. The number of carbonyl (C=O) groups excluding carboxylic acids is 1. The zero-order chi connectivity index (χ0) is 15.1. The monoisotopic (exact) mass is 308 g/mol. The fraction of sp³-hybridized carbons (Fsp3) is 0.438. The number of nitrogens with zero attached hydrogens (tertiary/aromatic N) is 1. The van der Waals surface area contributed by atoms with E-state index in [2.05, 4.69) is 5.32 Å². The fourth-order valence-corrected chi connectivity index (χ4v) is 2.51. The van der Waals surface area contributed by atoms with Crippen molar-refractivity contribution in [1.82, 2.24) is 4.90 Å². The van der Waals surface area contributed by atoms with Crippen molar-refractivity contribution in [3.63, 3.8) is 0 Å². The summed E-state index contributed by atoms with van der Waals surface area (Å²) in [4.78, 5) is 14.1. The molecule has 114 valence electrons. The molecule has 4 nitrogen and oxygen atoms in total. The number of carbonyl (C=O) groups is 1. The van der Waals surface area contributed by atoms with Crippen LogP contribution < -0.4 is 5.32 Å². The predicted octanol–water partition coefficient (Wildman–Crippen LogP) is 3.93. The van der Waals surface area contributed by atoms with Gasteiger partial charge in [-0.05, 0) is 38.0 Å². The van der Waals surface area contributed by atoms with Crippen LogP contribution in [0.15, 0.2) is 36.4 Å². The van der Waals surface area contributed by atoms with Gasteiger partial charge in [-0.1, -0.05) is 29.8 Å². The minimum absolute atomic E-state index is 0.100. The second-order valence-corrected chi connectivity index (χ2v) is 5.49. The zero-order valence-corrected chi connectivity index (χ0v) is 13.0. The van der Waals surface area contributed by atoms with E-state index >= 15 is 0 Å². The topological polar surface area (TPSA) is 41.6 Å². The molecular formula is C16H21ClN2O2. The van der Waals surface area contributed by atoms with Gasteiger partial charge in [-0.3, -0.25) is 0 Å². The van der Waals surface area contributed by atoms with Crippen LogP contribution in [0.2, 0.25) is 5.02 Å². The summed E-state index contributed by atoms with van der Waals surface area (Å²) in [6.45, 7) is 3.96. The third-order valence-corrected chi connectivity index (χ3v) is 3.64. The fourth-order valence-electron chi connectivity index (χ4n) is 2.32. The molecule has 1 unspecified atom stereocenters. The number of anilines is 1. The molecule has 0 aromatic heterocycles. The van der Waals surface area contributed by atoms with E-state index in [4.69, 9.17) is 16.3 Å². The van der Waals surface area contributed by atoms with Crippen molar-refractivity contribution in [2.75, 3.05) is 25.0 Å². The number of allylic oxidation sites excluding steroid dienone is 1. The first-order valence-corrected chi connectivity index (χ1v) is 7.61. The number of likely N-dealkylation sites (tertiary alicyclic amines) is 1. The van der Waals surface area contributed by atoms with E-state index in [1.54, 1.807) is 17.0 Å². The number of hydrogen-bond donors (Lipinski definition) is 1. The average molecular weight is 309 g/mol. The summed E-state index contributed by atoms with van der Waals surface area (Å²) in [6.07, 6.45) is 6.01. The highest BCUT2D eigenvalue weighted by molar-refractivity contribution is 6.30. The van der Waals surface area contributed by atoms with Crippen LogP contribution in [0.5, 0.6) is 0 Å². The first kappa shape index (κ1) is 15.9. The second-order valence-electron chi connectivity index (χ2n) is 5.05. The van der Waals surface area contributed by atoms with Gasteiger partial charge >= 0.3 is 6.03 Å². The quantitative estimate of drug-likeness (QED) is 0.856. The Balaban J connectivity index is 1.87. The zero-order valence-electron chi connectivity index (χ0n) is 12.2. The first-order chi connectivity index (χ1) is 10.2. The predicted molar refractivity (Wildman–Crippen MR) is 85.8 cm³/mol. The van der Waals surface area contributed by atoms with E-state index in [-0.39, 0.29) is 12.1 Å². The van der Waals surface area contributed by atoms with Crippen molar-refractivity contribution in [1.29, 1.82) is 0 Å². The van der Waals surface area contributed by atoms with Crippen LogP contribution in [-0.2, 0) is 4.74 Å². The van der Waals surface area contributed by atoms with Gasteiger partial charge in [-0.25, -0.2) is 4.79 Å². The molecule has 1 atom stereocenters. The van der Waals surface area contributed by atoms with Gasteiger partial charge in [0.25, 0.3) is 0 Å². The Bertz CT molecular complexity index is 505. The van der Waals surface area contributed by atoms with Gasteiger partial charge in [0.1, 0.15) is 0 Å². The Morgan fingerprint density at radius 1 is 1.57 bits per heavy atom. The Morgan fingerprint density at radius 2 is 2.43 bits per heavy atom. The van der Waals surface area contributed by atoms with E-state index in [1.807, 2.05) is 31.2 Å². The van der Waals surface area contributed by atoms with Crippen molar-refractivity contribution in [2.45, 2.75) is 25.9 Å². The molecule has 1 aliphatic rings. The molecule has 0 bridgehead atoms. The van der Waals surface area contributed by atoms with Crippen molar-refractivity contribution in [3.05, 3.63) is 41.4 Å². The molecule has 2 rings (SSSR count). The van der Waals surface area contributed by atoms with Gasteiger partial charge in [0.2, 0.25) is 0 Å². The average Bonchev–Trinajstić information content (AvgIpc) is 2.48. The summed E-state index contributed by atoms with van der Waals surface area (Å²) in [5.74, 6) is 0. The van der Waals surface area contributed by atoms with Crippen LogP contribution in [0.4, 0.5) is 10.5 Å². The lowest BCUT2D eigenvalue weighted by molar-refractivity contribution is 0.0261. The molecule has 5 heteroatoms. The van der Waals surface area contributed by atoms with E-state index in [1.165, 1.54) is 0 Å². The van der Waals surface area contributed by atoms with E-state index < -0.39 is 0 Å². The minimum atomic E-state index is -0.100. The lowest BCUT2D eigenvalue weighted by Gasteiger charge is -2.32. The lowest BCUT2D eigenvalue weighted by Crippen LogP contribution is -2.45. The van der Waals surface area contributed by atoms with E-state index in [9.17, 15) is 4.79 Å². The molecule has 1 aromatic carbocycles. The normalized spacial score (nSPS) is 19.0. The number of rotatable bonds is 4. The Labute approximate surface area is 130 Å². The molecular weight excluding hydrogens is 288 g/mol. The summed E-state index contributed by atoms with van der Waals surface area (Å²) in [7, 11) is 0. The summed E-state index contributed by atoms with van der Waals surface area (Å²) >= 11 is 5.92. The minimum Gasteiger partial charge on any atom is -0.372 e. The second kappa shape index (κ2) is 8.05. The Hall–Kier alpha value is -1.52. The van der Waals surface area contributed by atoms with E-state index in [0.717, 1.165) is 19.4 Å². The maximum absolute atomic E-state index is 12.3. The van der Waals surface area contributed by atoms with Gasteiger partial charge in [0, 0.05) is 23.8 Å². The van der Waals surface area contributed by atoms with Crippen LogP contribution >= 0.6 is 11.6 Å². The molecule has 1 fully saturated rings. The van der Waals surface area contributed by atoms with Crippen molar-refractivity contribution in [2.24, 2.45) is 0 Å². The number of benzene rings is 1. The summed E-state index contributed by atoms with van der Waals surface area (Å²) in [5.41, 5.74) is 0.712. The molecule has 0 spiro atoms. The maximum atomic E-state index is 12.3. The van der Waals surface area contributed by atoms with Gasteiger partial charge < -0.3 is 15.0 Å². The molecule has 21 heavy (non-hydrogen) atoms. The number of urea groups is 1. The number of amides is 2. The number of hydrogen-bond acceptors (Lipinski definition) is 2. The summed E-state index contributed by atoms with van der Waals surface area (Å²) < 4.78 is 5.74. The van der Waals surface area contributed by atoms with Gasteiger partial charge in [0.15, 0.2) is 0 Å².